The highest BCUT2D eigenvalue weighted by Gasteiger charge is 2.12. The maximum atomic E-state index is 13.8. The van der Waals surface area contributed by atoms with Crippen LogP contribution in [0.3, 0.4) is 0 Å². The van der Waals surface area contributed by atoms with Crippen LogP contribution in [-0.4, -0.2) is 23.3 Å². The van der Waals surface area contributed by atoms with E-state index in [4.69, 9.17) is 4.42 Å². The van der Waals surface area contributed by atoms with E-state index in [0.29, 0.717) is 17.2 Å². The first-order chi connectivity index (χ1) is 14.1. The average molecular weight is 395 g/mol. The highest BCUT2D eigenvalue weighted by molar-refractivity contribution is 5.95. The van der Waals surface area contributed by atoms with Gasteiger partial charge in [0.2, 0.25) is 11.8 Å². The second kappa shape index (κ2) is 9.64. The van der Waals surface area contributed by atoms with Gasteiger partial charge in [0.05, 0.1) is 18.3 Å². The van der Waals surface area contributed by atoms with Gasteiger partial charge in [-0.2, -0.15) is 0 Å². The summed E-state index contributed by atoms with van der Waals surface area (Å²) in [5.74, 6) is -0.345. The molecule has 2 amide bonds. The molecule has 0 bridgehead atoms. The topological polar surface area (TPSA) is 84.2 Å². The number of anilines is 1. The fourth-order valence-corrected chi connectivity index (χ4v) is 2.84. The van der Waals surface area contributed by atoms with E-state index in [9.17, 15) is 14.0 Å². The summed E-state index contributed by atoms with van der Waals surface area (Å²) in [5, 5.41) is 5.37. The van der Waals surface area contributed by atoms with E-state index in [0.717, 1.165) is 17.7 Å². The lowest BCUT2D eigenvalue weighted by atomic mass is 10.1. The van der Waals surface area contributed by atoms with Crippen LogP contribution < -0.4 is 10.6 Å². The average Bonchev–Trinajstić information content (AvgIpc) is 3.20. The smallest absolute Gasteiger partial charge is 0.243 e. The maximum Gasteiger partial charge on any atom is 0.243 e. The molecule has 0 aliphatic rings. The molecule has 7 heteroatoms. The maximum absolute atomic E-state index is 13.8. The van der Waals surface area contributed by atoms with Gasteiger partial charge in [0, 0.05) is 18.5 Å². The summed E-state index contributed by atoms with van der Waals surface area (Å²) in [7, 11) is 0. The van der Waals surface area contributed by atoms with Gasteiger partial charge in [0.1, 0.15) is 5.82 Å². The van der Waals surface area contributed by atoms with Gasteiger partial charge in [-0.3, -0.25) is 9.59 Å². The third-order valence-electron chi connectivity index (χ3n) is 4.38. The number of oxazole rings is 1. The van der Waals surface area contributed by atoms with Crippen LogP contribution in [0.15, 0.2) is 59.1 Å². The molecule has 29 heavy (non-hydrogen) atoms. The number of para-hydroxylation sites is 1. The molecular weight excluding hydrogens is 373 g/mol. The predicted octanol–water partition coefficient (Wildman–Crippen LogP) is 3.73. The number of halogens is 1. The van der Waals surface area contributed by atoms with Crippen molar-refractivity contribution in [3.05, 3.63) is 72.0 Å². The number of hydrogen-bond acceptors (Lipinski definition) is 4. The zero-order valence-electron chi connectivity index (χ0n) is 16.1. The van der Waals surface area contributed by atoms with Crippen LogP contribution in [0.2, 0.25) is 0 Å². The van der Waals surface area contributed by atoms with Crippen molar-refractivity contribution in [2.24, 2.45) is 0 Å². The lowest BCUT2D eigenvalue weighted by Crippen LogP contribution is -2.33. The quantitative estimate of drug-likeness (QED) is 0.609. The number of nitrogens with one attached hydrogen (secondary N) is 2. The minimum absolute atomic E-state index is 0.107. The number of aromatic nitrogens is 1. The van der Waals surface area contributed by atoms with Gasteiger partial charge in [-0.1, -0.05) is 37.3 Å². The molecule has 2 N–H and O–H groups in total. The molecule has 3 rings (SSSR count). The van der Waals surface area contributed by atoms with Gasteiger partial charge in [-0.15, -0.1) is 0 Å². The van der Waals surface area contributed by atoms with Crippen molar-refractivity contribution in [2.45, 2.75) is 26.2 Å². The molecule has 0 radical (unpaired) electrons. The van der Waals surface area contributed by atoms with Gasteiger partial charge < -0.3 is 15.1 Å². The number of aryl methyl sites for hydroxylation is 2. The highest BCUT2D eigenvalue weighted by Crippen LogP contribution is 2.23. The van der Waals surface area contributed by atoms with Crippen molar-refractivity contribution in [3.8, 4) is 11.3 Å². The van der Waals surface area contributed by atoms with Gasteiger partial charge in [-0.25, -0.2) is 9.37 Å². The monoisotopic (exact) mass is 395 g/mol. The van der Waals surface area contributed by atoms with Gasteiger partial charge >= 0.3 is 0 Å². The Morgan fingerprint density at radius 1 is 1.07 bits per heavy atom. The van der Waals surface area contributed by atoms with Crippen molar-refractivity contribution < 1.29 is 18.4 Å². The summed E-state index contributed by atoms with van der Waals surface area (Å²) in [6.45, 7) is 1.88. The van der Waals surface area contributed by atoms with E-state index in [1.54, 1.807) is 18.2 Å². The van der Waals surface area contributed by atoms with E-state index in [2.05, 4.69) is 15.6 Å². The van der Waals surface area contributed by atoms with E-state index >= 15 is 0 Å². The van der Waals surface area contributed by atoms with Crippen LogP contribution in [-0.2, 0) is 22.4 Å². The number of nitrogens with zero attached hydrogens (tertiary/aromatic N) is 1. The first-order valence-corrected chi connectivity index (χ1v) is 9.41. The lowest BCUT2D eigenvalue weighted by Gasteiger charge is -2.10. The summed E-state index contributed by atoms with van der Waals surface area (Å²) in [5.41, 5.74) is 2.09. The fraction of sp³-hybridized carbons (Fsp3) is 0.227. The molecule has 3 aromatic rings. The summed E-state index contributed by atoms with van der Waals surface area (Å²) < 4.78 is 19.3. The van der Waals surface area contributed by atoms with E-state index in [1.165, 1.54) is 12.3 Å². The van der Waals surface area contributed by atoms with Crippen LogP contribution in [0, 0.1) is 5.82 Å². The molecule has 1 heterocycles. The standard InChI is InChI=1S/C22H22FN3O3/c1-2-15-7-3-6-10-18(15)26-21(28)14-24-20(27)11-12-22-25-13-19(29-22)16-8-4-5-9-17(16)23/h3-10,13H,2,11-12,14H2,1H3,(H,24,27)(H,26,28). The summed E-state index contributed by atoms with van der Waals surface area (Å²) in [6, 6.07) is 13.8. The second-order valence-electron chi connectivity index (χ2n) is 6.43. The molecule has 0 fully saturated rings. The first-order valence-electron chi connectivity index (χ1n) is 9.41. The molecule has 0 atom stereocenters. The molecule has 0 aliphatic carbocycles. The Kier molecular flexibility index (Phi) is 6.73. The normalized spacial score (nSPS) is 10.6. The number of benzene rings is 2. The van der Waals surface area contributed by atoms with Crippen LogP contribution >= 0.6 is 0 Å². The van der Waals surface area contributed by atoms with Crippen LogP contribution in [0.1, 0.15) is 24.8 Å². The van der Waals surface area contributed by atoms with Crippen LogP contribution in [0.4, 0.5) is 10.1 Å². The van der Waals surface area contributed by atoms with E-state index in [-0.39, 0.29) is 31.2 Å². The first kappa shape index (κ1) is 20.3. The molecule has 0 spiro atoms. The van der Waals surface area contributed by atoms with Crippen molar-refractivity contribution in [2.75, 3.05) is 11.9 Å². The Hall–Kier alpha value is -3.48. The molecule has 150 valence electrons. The van der Waals surface area contributed by atoms with Crippen LogP contribution in [0.25, 0.3) is 11.3 Å². The molecule has 0 saturated heterocycles. The number of carbonyl (C=O) groups is 2. The third-order valence-corrected chi connectivity index (χ3v) is 4.38. The largest absolute Gasteiger partial charge is 0.441 e. The van der Waals surface area contributed by atoms with Gasteiger partial charge in [0.25, 0.3) is 0 Å². The number of carbonyl (C=O) groups excluding carboxylic acids is 2. The minimum Gasteiger partial charge on any atom is -0.441 e. The Morgan fingerprint density at radius 3 is 2.62 bits per heavy atom. The summed E-state index contributed by atoms with van der Waals surface area (Å²) in [6.07, 6.45) is 2.59. The second-order valence-corrected chi connectivity index (χ2v) is 6.43. The minimum atomic E-state index is -0.399. The Morgan fingerprint density at radius 2 is 1.83 bits per heavy atom. The number of hydrogen-bond donors (Lipinski definition) is 2. The van der Waals surface area contributed by atoms with Crippen molar-refractivity contribution in [1.29, 1.82) is 0 Å². The predicted molar refractivity (Wildman–Crippen MR) is 108 cm³/mol. The Labute approximate surface area is 168 Å². The van der Waals surface area contributed by atoms with Crippen molar-refractivity contribution in [3.63, 3.8) is 0 Å². The lowest BCUT2D eigenvalue weighted by molar-refractivity contribution is -0.124. The zero-order valence-corrected chi connectivity index (χ0v) is 16.1. The summed E-state index contributed by atoms with van der Waals surface area (Å²) in [4.78, 5) is 28.1. The van der Waals surface area contributed by atoms with Crippen LogP contribution in [0.5, 0.6) is 0 Å². The van der Waals surface area contributed by atoms with Gasteiger partial charge in [0.15, 0.2) is 11.7 Å². The molecular formula is C22H22FN3O3. The Balaban J connectivity index is 1.46. The van der Waals surface area contributed by atoms with E-state index in [1.807, 2.05) is 31.2 Å². The number of rotatable bonds is 8. The Bertz CT molecular complexity index is 1000. The highest BCUT2D eigenvalue weighted by atomic mass is 19.1. The molecule has 0 aliphatic heterocycles. The molecule has 1 aromatic heterocycles. The molecule has 2 aromatic carbocycles. The molecule has 0 saturated carbocycles. The van der Waals surface area contributed by atoms with E-state index < -0.39 is 5.82 Å². The third kappa shape index (κ3) is 5.51. The van der Waals surface area contributed by atoms with Gasteiger partial charge in [-0.05, 0) is 30.2 Å². The molecule has 0 unspecified atom stereocenters. The van der Waals surface area contributed by atoms with Crippen molar-refractivity contribution in [1.82, 2.24) is 10.3 Å². The number of amides is 2. The molecule has 6 nitrogen and oxygen atoms in total. The fourth-order valence-electron chi connectivity index (χ4n) is 2.84. The zero-order chi connectivity index (χ0) is 20.6. The SMILES string of the molecule is CCc1ccccc1NC(=O)CNC(=O)CCc1ncc(-c2ccccc2F)o1. The van der Waals surface area contributed by atoms with Crippen molar-refractivity contribution >= 4 is 17.5 Å². The summed E-state index contributed by atoms with van der Waals surface area (Å²) >= 11 is 0.